The van der Waals surface area contributed by atoms with Crippen LogP contribution in [0.15, 0.2) is 122 Å². The van der Waals surface area contributed by atoms with Gasteiger partial charge in [-0.05, 0) is 113 Å². The molecular formula is C54H50Cl2F2N14O2. The number of hydrogen-bond acceptors (Lipinski definition) is 14. The normalized spacial score (nSPS) is 12.6. The maximum absolute atomic E-state index is 14.9. The molecule has 10 aromatic rings. The van der Waals surface area contributed by atoms with Crippen molar-refractivity contribution < 1.29 is 19.0 Å². The van der Waals surface area contributed by atoms with Gasteiger partial charge in [0.1, 0.15) is 28.5 Å². The third kappa shape index (κ3) is 10.9. The average Bonchev–Trinajstić information content (AvgIpc) is 4.03. The molecule has 376 valence electrons. The Hall–Kier alpha value is -7.90. The van der Waals surface area contributed by atoms with Crippen molar-refractivity contribution in [2.24, 2.45) is 14.1 Å². The van der Waals surface area contributed by atoms with Gasteiger partial charge in [-0.3, -0.25) is 14.6 Å². The van der Waals surface area contributed by atoms with Gasteiger partial charge in [0.05, 0.1) is 62.6 Å². The number of benzene rings is 4. The Balaban J connectivity index is 0.000000182. The summed E-state index contributed by atoms with van der Waals surface area (Å²) in [5.41, 5.74) is 7.68. The smallest absolute Gasteiger partial charge is 0.159 e. The summed E-state index contributed by atoms with van der Waals surface area (Å²) < 4.78 is 33.1. The van der Waals surface area contributed by atoms with Gasteiger partial charge >= 0.3 is 0 Å². The number of nitrogens with zero attached hydrogens (tertiary/aromatic N) is 12. The summed E-state index contributed by atoms with van der Waals surface area (Å²) in [5.74, 6) is -0.00211. The Morgan fingerprint density at radius 2 is 0.986 bits per heavy atom. The Morgan fingerprint density at radius 1 is 0.541 bits per heavy atom. The lowest BCUT2D eigenvalue weighted by Crippen LogP contribution is -2.19. The highest BCUT2D eigenvalue weighted by molar-refractivity contribution is 6.35. The van der Waals surface area contributed by atoms with E-state index in [1.165, 1.54) is 12.1 Å². The van der Waals surface area contributed by atoms with Crippen LogP contribution >= 0.6 is 23.2 Å². The molecule has 0 fully saturated rings. The van der Waals surface area contributed by atoms with E-state index in [9.17, 15) is 19.0 Å². The van der Waals surface area contributed by atoms with Gasteiger partial charge in [-0.2, -0.15) is 0 Å². The number of aryl methyl sites for hydroxylation is 2. The molecule has 2 atom stereocenters. The van der Waals surface area contributed by atoms with Crippen LogP contribution in [0.1, 0.15) is 76.4 Å². The number of halogens is 4. The topological polar surface area (TPSA) is 203 Å². The first-order valence-electron chi connectivity index (χ1n) is 23.3. The molecule has 4 N–H and O–H groups in total. The van der Waals surface area contributed by atoms with E-state index in [0.29, 0.717) is 49.9 Å². The lowest BCUT2D eigenvalue weighted by atomic mass is 10.0. The predicted molar refractivity (Wildman–Crippen MR) is 283 cm³/mol. The van der Waals surface area contributed by atoms with Crippen molar-refractivity contribution >= 4 is 56.4 Å². The molecule has 74 heavy (non-hydrogen) atoms. The third-order valence-corrected chi connectivity index (χ3v) is 12.8. The molecule has 0 saturated carbocycles. The Kier molecular flexibility index (Phi) is 14.2. The largest absolute Gasteiger partial charge is 0.382 e. The molecule has 6 aromatic heterocycles. The first-order valence-corrected chi connectivity index (χ1v) is 24.1. The molecule has 0 aliphatic carbocycles. The van der Waals surface area contributed by atoms with E-state index in [1.54, 1.807) is 125 Å². The molecular weight excluding hydrogens is 986 g/mol. The highest BCUT2D eigenvalue weighted by Gasteiger charge is 2.23. The second-order valence-corrected chi connectivity index (χ2v) is 19.7. The van der Waals surface area contributed by atoms with Gasteiger partial charge in [-0.15, -0.1) is 10.2 Å². The number of rotatable bonds is 12. The van der Waals surface area contributed by atoms with E-state index in [1.807, 2.05) is 50.2 Å². The number of nitrogens with one attached hydrogen (secondary N) is 2. The summed E-state index contributed by atoms with van der Waals surface area (Å²) in [6.07, 6.45) is 13.3. The Bertz CT molecular complexity index is 3670. The molecule has 0 unspecified atom stereocenters. The van der Waals surface area contributed by atoms with Crippen molar-refractivity contribution in [2.45, 2.75) is 64.8 Å². The van der Waals surface area contributed by atoms with Crippen LogP contribution in [0.5, 0.6) is 0 Å². The van der Waals surface area contributed by atoms with Crippen molar-refractivity contribution in [1.29, 1.82) is 0 Å². The van der Waals surface area contributed by atoms with Gasteiger partial charge in [-0.1, -0.05) is 45.8 Å². The summed E-state index contributed by atoms with van der Waals surface area (Å²) in [4.78, 5) is 26.1. The molecule has 4 aromatic carbocycles. The average molecular weight is 1040 g/mol. The van der Waals surface area contributed by atoms with Crippen molar-refractivity contribution in [3.63, 3.8) is 0 Å². The fourth-order valence-corrected chi connectivity index (χ4v) is 8.67. The molecule has 0 aliphatic rings. The van der Waals surface area contributed by atoms with Crippen LogP contribution in [-0.4, -0.2) is 70.1 Å². The number of anilines is 2. The summed E-state index contributed by atoms with van der Waals surface area (Å²) in [6.45, 7) is 10.3. The lowest BCUT2D eigenvalue weighted by molar-refractivity contribution is 0.0682. The predicted octanol–water partition coefficient (Wildman–Crippen LogP) is 11.4. The van der Waals surface area contributed by atoms with Gasteiger partial charge in [0, 0.05) is 95.4 Å². The number of aromatic nitrogens is 12. The fourth-order valence-electron chi connectivity index (χ4n) is 8.26. The molecule has 6 heterocycles. The van der Waals surface area contributed by atoms with Crippen LogP contribution in [-0.2, 0) is 25.3 Å². The zero-order chi connectivity index (χ0) is 52.6. The second-order valence-electron chi connectivity index (χ2n) is 18.9. The molecule has 0 amide bonds. The van der Waals surface area contributed by atoms with E-state index < -0.39 is 23.3 Å². The minimum absolute atomic E-state index is 0.335. The summed E-state index contributed by atoms with van der Waals surface area (Å²) in [6, 6.07) is 20.5. The van der Waals surface area contributed by atoms with Gasteiger partial charge in [0.15, 0.2) is 11.6 Å². The number of aliphatic hydroxyl groups is 2. The number of pyridine rings is 2. The summed E-state index contributed by atoms with van der Waals surface area (Å²) in [5, 5.41) is 45.4. The Morgan fingerprint density at radius 3 is 1.41 bits per heavy atom. The molecule has 0 bridgehead atoms. The molecule has 20 heteroatoms. The molecule has 16 nitrogen and oxygen atoms in total. The van der Waals surface area contributed by atoms with Gasteiger partial charge < -0.3 is 20.8 Å². The van der Waals surface area contributed by atoms with Gasteiger partial charge in [0.25, 0.3) is 0 Å². The minimum Gasteiger partial charge on any atom is -0.382 e. The molecule has 0 spiro atoms. The highest BCUT2D eigenvalue weighted by atomic mass is 35.5. The van der Waals surface area contributed by atoms with Crippen LogP contribution in [0.4, 0.5) is 20.2 Å². The maximum atomic E-state index is 14.9. The maximum Gasteiger partial charge on any atom is 0.159 e. The first-order chi connectivity index (χ1) is 35.2. The SMILES string of the molecule is C[C@@H](Nc1c(Cl)cnc2ccc(-c3cnc(C(C)(C)O)nc3)cc12)c1cc(-c2cn(C)nn2)ccc1F.C[C@@H](Nc1c(Cl)cnc2ccc(-c3cnc(C(C)(C)O)nc3)cc12)c1cc(-c2cnnn2C)ccc1F. The second kappa shape index (κ2) is 20.5. The standard InChI is InChI=1S/2C27H25ClFN7O/c1-15(19-10-17(5-7-22(19)29)24-14-36(4)35-34-24)33-25-20-9-16(6-8-23(20)30-13-21(25)28)18-11-31-26(32-12-18)27(2,3)37;1-15(19-10-17(5-7-22(19)29)24-14-33-35-36(24)4)34-25-20-9-16(6-8-23(20)30-13-21(25)28)18-11-31-26(32-12-18)27(2,3)37/h5-15,37H,1-4H3,(H,30,33);5-15,37H,1-4H3,(H,30,34)/t2*15-/m11/s1. The van der Waals surface area contributed by atoms with Crippen LogP contribution in [0.2, 0.25) is 10.0 Å². The van der Waals surface area contributed by atoms with E-state index in [4.69, 9.17) is 23.2 Å². The van der Waals surface area contributed by atoms with Crippen LogP contribution in [0.3, 0.4) is 0 Å². The van der Waals surface area contributed by atoms with E-state index in [-0.39, 0.29) is 11.6 Å². The molecule has 10 rings (SSSR count). The first kappa shape index (κ1) is 51.0. The van der Waals surface area contributed by atoms with Crippen LogP contribution in [0, 0.1) is 11.6 Å². The molecule has 0 aliphatic heterocycles. The third-order valence-electron chi connectivity index (χ3n) is 12.3. The summed E-state index contributed by atoms with van der Waals surface area (Å²) >= 11 is 13.2. The molecule has 0 saturated heterocycles. The number of fused-ring (bicyclic) bond motifs is 2. The quantitative estimate of drug-likeness (QED) is 0.0899. The van der Waals surface area contributed by atoms with Crippen molar-refractivity contribution in [1.82, 2.24) is 59.9 Å². The van der Waals surface area contributed by atoms with Gasteiger partial charge in [0.2, 0.25) is 0 Å². The van der Waals surface area contributed by atoms with Crippen LogP contribution in [0.25, 0.3) is 66.6 Å². The Labute approximate surface area is 434 Å². The highest BCUT2D eigenvalue weighted by Crippen LogP contribution is 2.38. The van der Waals surface area contributed by atoms with Crippen LogP contribution < -0.4 is 10.6 Å². The molecule has 0 radical (unpaired) electrons. The monoisotopic (exact) mass is 1030 g/mol. The summed E-state index contributed by atoms with van der Waals surface area (Å²) in [7, 11) is 3.57. The lowest BCUT2D eigenvalue weighted by Gasteiger charge is -2.20. The van der Waals surface area contributed by atoms with Crippen molar-refractivity contribution in [3.8, 4) is 44.8 Å². The van der Waals surface area contributed by atoms with Crippen molar-refractivity contribution in [3.05, 3.63) is 167 Å². The number of hydrogen-bond donors (Lipinski definition) is 4. The fraction of sp³-hybridized carbons (Fsp3) is 0.222. The van der Waals surface area contributed by atoms with Crippen molar-refractivity contribution in [2.75, 3.05) is 10.6 Å². The van der Waals surface area contributed by atoms with E-state index in [2.05, 4.69) is 61.2 Å². The van der Waals surface area contributed by atoms with E-state index >= 15 is 0 Å². The zero-order valence-corrected chi connectivity index (χ0v) is 43.0. The van der Waals surface area contributed by atoms with E-state index in [0.717, 1.165) is 60.9 Å². The van der Waals surface area contributed by atoms with Gasteiger partial charge in [-0.25, -0.2) is 33.4 Å². The zero-order valence-electron chi connectivity index (χ0n) is 41.5. The minimum atomic E-state index is -1.13.